The van der Waals surface area contributed by atoms with E-state index in [1.54, 1.807) is 30.3 Å². The van der Waals surface area contributed by atoms with Gasteiger partial charge in [-0.3, -0.25) is 9.59 Å². The lowest BCUT2D eigenvalue weighted by Gasteiger charge is -2.19. The van der Waals surface area contributed by atoms with Crippen LogP contribution in [0.2, 0.25) is 20.1 Å². The van der Waals surface area contributed by atoms with E-state index in [-0.39, 0.29) is 36.5 Å². The Hall–Kier alpha value is -1.61. The Morgan fingerprint density at radius 3 is 1.29 bits per heavy atom. The summed E-state index contributed by atoms with van der Waals surface area (Å²) in [6, 6.07) is 16.5. The van der Waals surface area contributed by atoms with Gasteiger partial charge in [-0.05, 0) is 24.3 Å². The molecule has 0 atom stereocenters. The van der Waals surface area contributed by atoms with Crippen molar-refractivity contribution >= 4 is 69.9 Å². The van der Waals surface area contributed by atoms with E-state index in [0.29, 0.717) is 0 Å². The van der Waals surface area contributed by atoms with Gasteiger partial charge in [-0.1, -0.05) is 88.9 Å². The standard InChI is InChI=1S/C20H11Cl4O3P/c21-13-8-4-9-14(22)17(13)19(25)28(27,12-6-2-1-3-7-12)20(26)18-15(23)10-5-11-16(18)24/h1-11H. The molecule has 3 rings (SSSR count). The molecule has 0 bridgehead atoms. The van der Waals surface area contributed by atoms with Crippen LogP contribution in [0.1, 0.15) is 20.7 Å². The lowest BCUT2D eigenvalue weighted by molar-refractivity contribution is 0.104. The van der Waals surface area contributed by atoms with Crippen molar-refractivity contribution in [3.63, 3.8) is 0 Å². The van der Waals surface area contributed by atoms with Crippen molar-refractivity contribution in [2.75, 3.05) is 0 Å². The number of benzene rings is 3. The molecule has 0 heterocycles. The number of carbonyl (C=O) groups is 2. The zero-order valence-corrected chi connectivity index (χ0v) is 18.0. The third-order valence-corrected chi connectivity index (χ3v) is 7.92. The average molecular weight is 472 g/mol. The minimum Gasteiger partial charge on any atom is -0.302 e. The largest absolute Gasteiger partial charge is 0.302 e. The molecule has 28 heavy (non-hydrogen) atoms. The highest BCUT2D eigenvalue weighted by Crippen LogP contribution is 2.54. The van der Waals surface area contributed by atoms with E-state index in [1.807, 2.05) is 0 Å². The molecule has 0 aliphatic heterocycles. The lowest BCUT2D eigenvalue weighted by atomic mass is 10.2. The maximum atomic E-state index is 14.1. The van der Waals surface area contributed by atoms with Gasteiger partial charge in [0.2, 0.25) is 18.2 Å². The van der Waals surface area contributed by atoms with Crippen molar-refractivity contribution in [3.05, 3.63) is 97.9 Å². The third-order valence-electron chi connectivity index (χ3n) is 4.05. The minimum atomic E-state index is -4.42. The number of halogens is 4. The molecule has 8 heteroatoms. The van der Waals surface area contributed by atoms with Gasteiger partial charge in [0.25, 0.3) is 0 Å². The molecular weight excluding hydrogens is 461 g/mol. The summed E-state index contributed by atoms with van der Waals surface area (Å²) < 4.78 is 14.1. The molecule has 0 saturated heterocycles. The minimum absolute atomic E-state index is 0.00767. The van der Waals surface area contributed by atoms with Gasteiger partial charge in [0.1, 0.15) is 0 Å². The molecule has 0 aromatic heterocycles. The van der Waals surface area contributed by atoms with Crippen molar-refractivity contribution in [2.24, 2.45) is 0 Å². The van der Waals surface area contributed by atoms with Crippen LogP contribution in [0.4, 0.5) is 0 Å². The van der Waals surface area contributed by atoms with Crippen LogP contribution in [-0.4, -0.2) is 11.0 Å². The average Bonchev–Trinajstić information content (AvgIpc) is 2.67. The highest BCUT2D eigenvalue weighted by atomic mass is 35.5. The van der Waals surface area contributed by atoms with E-state index in [1.165, 1.54) is 36.4 Å². The molecule has 0 spiro atoms. The molecule has 0 aliphatic rings. The topological polar surface area (TPSA) is 51.2 Å². The number of rotatable bonds is 5. The summed E-state index contributed by atoms with van der Waals surface area (Å²) in [6.45, 7) is 0. The van der Waals surface area contributed by atoms with Gasteiger partial charge in [0, 0.05) is 5.30 Å². The predicted octanol–water partition coefficient (Wildman–Crippen LogP) is 6.97. The second kappa shape index (κ2) is 8.41. The van der Waals surface area contributed by atoms with Gasteiger partial charge in [0.15, 0.2) is 0 Å². The van der Waals surface area contributed by atoms with E-state index in [4.69, 9.17) is 46.4 Å². The summed E-state index contributed by atoms with van der Waals surface area (Å²) in [5.74, 6) is 0. The molecule has 3 nitrogen and oxygen atoms in total. The highest BCUT2D eigenvalue weighted by Gasteiger charge is 2.45. The molecule has 0 fully saturated rings. The Labute approximate surface area is 181 Å². The second-order valence-corrected chi connectivity index (χ2v) is 9.92. The van der Waals surface area contributed by atoms with Gasteiger partial charge >= 0.3 is 0 Å². The SMILES string of the molecule is O=C(c1c(Cl)cccc1Cl)P(=O)(C(=O)c1c(Cl)cccc1Cl)c1ccccc1. The first-order valence-electron chi connectivity index (χ1n) is 7.92. The second-order valence-electron chi connectivity index (χ2n) is 5.75. The van der Waals surface area contributed by atoms with Gasteiger partial charge in [-0.2, -0.15) is 0 Å². The Kier molecular flexibility index (Phi) is 6.34. The quantitative estimate of drug-likeness (QED) is 0.377. The van der Waals surface area contributed by atoms with Crippen molar-refractivity contribution in [1.82, 2.24) is 0 Å². The molecule has 0 aliphatic carbocycles. The Morgan fingerprint density at radius 1 is 0.571 bits per heavy atom. The molecule has 0 amide bonds. The molecule has 0 saturated carbocycles. The maximum absolute atomic E-state index is 14.1. The lowest BCUT2D eigenvalue weighted by Crippen LogP contribution is -2.21. The fraction of sp³-hybridized carbons (Fsp3) is 0. The fourth-order valence-electron chi connectivity index (χ4n) is 2.68. The Bertz CT molecular complexity index is 1020. The molecule has 0 unspecified atom stereocenters. The molecule has 142 valence electrons. The summed E-state index contributed by atoms with van der Waals surface area (Å²) in [5.41, 5.74) is -2.32. The van der Waals surface area contributed by atoms with Crippen LogP contribution in [0, 0.1) is 0 Å². The van der Waals surface area contributed by atoms with Crippen molar-refractivity contribution in [1.29, 1.82) is 0 Å². The van der Waals surface area contributed by atoms with E-state index >= 15 is 0 Å². The van der Waals surface area contributed by atoms with Crippen LogP contribution in [0.25, 0.3) is 0 Å². The van der Waals surface area contributed by atoms with Crippen LogP contribution in [0.15, 0.2) is 66.7 Å². The van der Waals surface area contributed by atoms with Crippen LogP contribution < -0.4 is 5.30 Å². The van der Waals surface area contributed by atoms with Crippen LogP contribution in [0.5, 0.6) is 0 Å². The summed E-state index contributed by atoms with van der Waals surface area (Å²) >= 11 is 24.6. The molecule has 3 aromatic rings. The Balaban J connectivity index is 2.31. The predicted molar refractivity (Wildman–Crippen MR) is 115 cm³/mol. The summed E-state index contributed by atoms with van der Waals surface area (Å²) in [7, 11) is -4.42. The smallest absolute Gasteiger partial charge is 0.248 e. The zero-order valence-electron chi connectivity index (χ0n) is 14.0. The fourth-order valence-corrected chi connectivity index (χ4v) is 6.44. The monoisotopic (exact) mass is 470 g/mol. The first-order chi connectivity index (χ1) is 13.3. The number of carbonyl (C=O) groups excluding carboxylic acids is 2. The molecular formula is C20H11Cl4O3P. The van der Waals surface area contributed by atoms with E-state index in [2.05, 4.69) is 0 Å². The van der Waals surface area contributed by atoms with Crippen molar-refractivity contribution < 1.29 is 14.2 Å². The zero-order chi connectivity index (χ0) is 20.5. The first kappa shape index (κ1) is 21.1. The van der Waals surface area contributed by atoms with Crippen LogP contribution in [-0.2, 0) is 4.57 Å². The van der Waals surface area contributed by atoms with Gasteiger partial charge in [0.05, 0.1) is 31.2 Å². The highest BCUT2D eigenvalue weighted by molar-refractivity contribution is 8.01. The molecule has 0 radical (unpaired) electrons. The summed E-state index contributed by atoms with van der Waals surface area (Å²) in [4.78, 5) is 26.8. The van der Waals surface area contributed by atoms with E-state index < -0.39 is 18.2 Å². The van der Waals surface area contributed by atoms with Gasteiger partial charge in [-0.25, -0.2) is 0 Å². The first-order valence-corrected chi connectivity index (χ1v) is 11.1. The van der Waals surface area contributed by atoms with E-state index in [9.17, 15) is 14.2 Å². The number of hydrogen-bond donors (Lipinski definition) is 0. The molecule has 0 N–H and O–H groups in total. The molecule has 3 aromatic carbocycles. The van der Waals surface area contributed by atoms with Gasteiger partial charge in [-0.15, -0.1) is 0 Å². The third kappa shape index (κ3) is 3.66. The summed E-state index contributed by atoms with van der Waals surface area (Å²) in [6.07, 6.45) is 0. The number of hydrogen-bond acceptors (Lipinski definition) is 3. The maximum Gasteiger partial charge on any atom is 0.248 e. The van der Waals surface area contributed by atoms with Crippen molar-refractivity contribution in [2.45, 2.75) is 0 Å². The van der Waals surface area contributed by atoms with Crippen LogP contribution in [0.3, 0.4) is 0 Å². The van der Waals surface area contributed by atoms with Crippen molar-refractivity contribution in [3.8, 4) is 0 Å². The van der Waals surface area contributed by atoms with Crippen LogP contribution >= 0.6 is 53.5 Å². The van der Waals surface area contributed by atoms with E-state index in [0.717, 1.165) is 0 Å². The summed E-state index contributed by atoms with van der Waals surface area (Å²) in [5, 5.41) is 0.00817. The van der Waals surface area contributed by atoms with Gasteiger partial charge < -0.3 is 4.57 Å². The Morgan fingerprint density at radius 2 is 0.929 bits per heavy atom. The normalized spacial score (nSPS) is 11.3.